The molecule has 1 aromatic heterocycles. The summed E-state index contributed by atoms with van der Waals surface area (Å²) in [4.78, 5) is 14.4. The van der Waals surface area contributed by atoms with Gasteiger partial charge in [0.25, 0.3) is 0 Å². The van der Waals surface area contributed by atoms with Crippen molar-refractivity contribution in [3.8, 4) is 17.2 Å². The van der Waals surface area contributed by atoms with Crippen LogP contribution in [-0.2, 0) is 0 Å². The van der Waals surface area contributed by atoms with Crippen molar-refractivity contribution in [2.24, 2.45) is 0 Å². The van der Waals surface area contributed by atoms with E-state index in [0.29, 0.717) is 17.9 Å². The maximum atomic E-state index is 10.4. The Morgan fingerprint density at radius 1 is 1.40 bits per heavy atom. The van der Waals surface area contributed by atoms with Crippen LogP contribution in [0.5, 0.6) is 5.75 Å². The van der Waals surface area contributed by atoms with Crippen molar-refractivity contribution >= 4 is 6.29 Å². The summed E-state index contributed by atoms with van der Waals surface area (Å²) < 4.78 is 10.4. The number of hydrogen-bond acceptors (Lipinski definition) is 4. The standard InChI is InChI=1S/C11H9NO3/c1-14-10-5-3-2-4-9(10)11-12-6-8(7-13)15-11/h2-7H,1H3. The molecule has 0 saturated heterocycles. The average Bonchev–Trinajstić information content (AvgIpc) is 2.77. The lowest BCUT2D eigenvalue weighted by molar-refractivity contribution is 0.110. The Hall–Kier alpha value is -2.10. The average molecular weight is 203 g/mol. The Bertz CT molecular complexity index is 476. The van der Waals surface area contributed by atoms with Crippen LogP contribution < -0.4 is 4.74 Å². The molecule has 0 bridgehead atoms. The van der Waals surface area contributed by atoms with Gasteiger partial charge in [-0.3, -0.25) is 4.79 Å². The zero-order chi connectivity index (χ0) is 10.7. The molecule has 4 nitrogen and oxygen atoms in total. The minimum absolute atomic E-state index is 0.205. The number of benzene rings is 1. The first-order chi connectivity index (χ1) is 7.35. The Balaban J connectivity index is 2.48. The molecule has 1 heterocycles. The van der Waals surface area contributed by atoms with Gasteiger partial charge in [-0.25, -0.2) is 4.98 Å². The van der Waals surface area contributed by atoms with Gasteiger partial charge in [0.05, 0.1) is 18.9 Å². The third-order valence-corrected chi connectivity index (χ3v) is 1.98. The second-order valence-electron chi connectivity index (χ2n) is 2.89. The predicted octanol–water partition coefficient (Wildman–Crippen LogP) is 2.16. The van der Waals surface area contributed by atoms with Gasteiger partial charge in [0.1, 0.15) is 5.75 Å². The first-order valence-electron chi connectivity index (χ1n) is 4.39. The summed E-state index contributed by atoms with van der Waals surface area (Å²) >= 11 is 0. The second-order valence-corrected chi connectivity index (χ2v) is 2.89. The normalized spacial score (nSPS) is 9.93. The number of para-hydroxylation sites is 1. The van der Waals surface area contributed by atoms with E-state index in [2.05, 4.69) is 4.98 Å². The second kappa shape index (κ2) is 3.96. The smallest absolute Gasteiger partial charge is 0.230 e. The van der Waals surface area contributed by atoms with Gasteiger partial charge < -0.3 is 9.15 Å². The molecule has 0 atom stereocenters. The van der Waals surface area contributed by atoms with Crippen LogP contribution in [0.3, 0.4) is 0 Å². The van der Waals surface area contributed by atoms with E-state index >= 15 is 0 Å². The van der Waals surface area contributed by atoms with Gasteiger partial charge in [-0.2, -0.15) is 0 Å². The van der Waals surface area contributed by atoms with E-state index in [1.165, 1.54) is 6.20 Å². The lowest BCUT2D eigenvalue weighted by Gasteiger charge is -2.03. The van der Waals surface area contributed by atoms with E-state index in [1.54, 1.807) is 13.2 Å². The lowest BCUT2D eigenvalue weighted by atomic mass is 10.2. The third-order valence-electron chi connectivity index (χ3n) is 1.98. The number of hydrogen-bond donors (Lipinski definition) is 0. The quantitative estimate of drug-likeness (QED) is 0.717. The number of aromatic nitrogens is 1. The highest BCUT2D eigenvalue weighted by Gasteiger charge is 2.10. The first-order valence-corrected chi connectivity index (χ1v) is 4.39. The Morgan fingerprint density at radius 2 is 2.20 bits per heavy atom. The van der Waals surface area contributed by atoms with Crippen LogP contribution >= 0.6 is 0 Å². The van der Waals surface area contributed by atoms with Crippen LogP contribution in [0.4, 0.5) is 0 Å². The van der Waals surface area contributed by atoms with Crippen LogP contribution in [0.25, 0.3) is 11.5 Å². The number of nitrogens with zero attached hydrogens (tertiary/aromatic N) is 1. The molecule has 0 aliphatic rings. The molecule has 2 rings (SSSR count). The van der Waals surface area contributed by atoms with Crippen LogP contribution in [-0.4, -0.2) is 18.4 Å². The molecular formula is C11H9NO3. The Labute approximate surface area is 86.5 Å². The van der Waals surface area contributed by atoms with Crippen LogP contribution in [0.15, 0.2) is 34.9 Å². The summed E-state index contributed by atoms with van der Waals surface area (Å²) in [6.07, 6.45) is 2.00. The molecule has 0 aliphatic carbocycles. The SMILES string of the molecule is COc1ccccc1-c1ncc(C=O)o1. The molecule has 4 heteroatoms. The topological polar surface area (TPSA) is 52.3 Å². The summed E-state index contributed by atoms with van der Waals surface area (Å²) in [6.45, 7) is 0. The van der Waals surface area contributed by atoms with Crippen molar-refractivity contribution in [1.29, 1.82) is 0 Å². The number of ether oxygens (including phenoxy) is 1. The molecule has 0 amide bonds. The van der Waals surface area contributed by atoms with Crippen molar-refractivity contribution in [3.05, 3.63) is 36.2 Å². The molecule has 1 aromatic carbocycles. The number of methoxy groups -OCH3 is 1. The Kier molecular flexibility index (Phi) is 2.49. The first kappa shape index (κ1) is 9.45. The van der Waals surface area contributed by atoms with E-state index in [9.17, 15) is 4.79 Å². The maximum absolute atomic E-state index is 10.4. The summed E-state index contributed by atoms with van der Waals surface area (Å²) in [7, 11) is 1.57. The zero-order valence-corrected chi connectivity index (χ0v) is 8.14. The fourth-order valence-corrected chi connectivity index (χ4v) is 1.29. The fourth-order valence-electron chi connectivity index (χ4n) is 1.29. The van der Waals surface area contributed by atoms with Crippen molar-refractivity contribution in [3.63, 3.8) is 0 Å². The van der Waals surface area contributed by atoms with Crippen molar-refractivity contribution in [2.75, 3.05) is 7.11 Å². The minimum Gasteiger partial charge on any atom is -0.496 e. The highest BCUT2D eigenvalue weighted by Crippen LogP contribution is 2.28. The zero-order valence-electron chi connectivity index (χ0n) is 8.14. The van der Waals surface area contributed by atoms with Gasteiger partial charge in [0, 0.05) is 0 Å². The molecule has 2 aromatic rings. The van der Waals surface area contributed by atoms with Gasteiger partial charge in [0.2, 0.25) is 5.89 Å². The number of carbonyl (C=O) groups excluding carboxylic acids is 1. The summed E-state index contributed by atoms with van der Waals surface area (Å²) in [5.74, 6) is 1.25. The minimum atomic E-state index is 0.205. The lowest BCUT2D eigenvalue weighted by Crippen LogP contribution is -1.86. The molecule has 76 valence electrons. The van der Waals surface area contributed by atoms with E-state index in [1.807, 2.05) is 18.2 Å². The van der Waals surface area contributed by atoms with Gasteiger partial charge in [-0.05, 0) is 12.1 Å². The van der Waals surface area contributed by atoms with Gasteiger partial charge in [-0.15, -0.1) is 0 Å². The highest BCUT2D eigenvalue weighted by molar-refractivity contribution is 5.72. The molecule has 0 fully saturated rings. The number of oxazole rings is 1. The summed E-state index contributed by atoms with van der Waals surface area (Å²) in [5, 5.41) is 0. The van der Waals surface area contributed by atoms with E-state index < -0.39 is 0 Å². The van der Waals surface area contributed by atoms with E-state index in [0.717, 1.165) is 5.56 Å². The van der Waals surface area contributed by atoms with Crippen LogP contribution in [0.1, 0.15) is 10.6 Å². The fraction of sp³-hybridized carbons (Fsp3) is 0.0909. The molecule has 0 N–H and O–H groups in total. The maximum Gasteiger partial charge on any atom is 0.230 e. The highest BCUT2D eigenvalue weighted by atomic mass is 16.5. The largest absolute Gasteiger partial charge is 0.496 e. The van der Waals surface area contributed by atoms with Gasteiger partial charge in [-0.1, -0.05) is 12.1 Å². The van der Waals surface area contributed by atoms with Gasteiger partial charge >= 0.3 is 0 Å². The number of rotatable bonds is 3. The molecule has 0 radical (unpaired) electrons. The van der Waals surface area contributed by atoms with Crippen LogP contribution in [0.2, 0.25) is 0 Å². The molecular weight excluding hydrogens is 194 g/mol. The number of aldehydes is 1. The molecule has 0 unspecified atom stereocenters. The van der Waals surface area contributed by atoms with Gasteiger partial charge in [0.15, 0.2) is 12.0 Å². The molecule has 0 spiro atoms. The third kappa shape index (κ3) is 1.74. The van der Waals surface area contributed by atoms with Crippen molar-refractivity contribution in [1.82, 2.24) is 4.98 Å². The summed E-state index contributed by atoms with van der Waals surface area (Å²) in [5.41, 5.74) is 0.730. The number of carbonyl (C=O) groups is 1. The molecule has 0 saturated carbocycles. The predicted molar refractivity (Wildman–Crippen MR) is 53.9 cm³/mol. The van der Waals surface area contributed by atoms with Crippen molar-refractivity contribution < 1.29 is 13.9 Å². The molecule has 0 aliphatic heterocycles. The van der Waals surface area contributed by atoms with Crippen LogP contribution in [0, 0.1) is 0 Å². The van der Waals surface area contributed by atoms with E-state index in [-0.39, 0.29) is 5.76 Å². The van der Waals surface area contributed by atoms with Crippen molar-refractivity contribution in [2.45, 2.75) is 0 Å². The van der Waals surface area contributed by atoms with E-state index in [4.69, 9.17) is 9.15 Å². The monoisotopic (exact) mass is 203 g/mol. The molecule has 15 heavy (non-hydrogen) atoms. The summed E-state index contributed by atoms with van der Waals surface area (Å²) in [6, 6.07) is 7.33. The Morgan fingerprint density at radius 3 is 2.87 bits per heavy atom.